The topological polar surface area (TPSA) is 72.6 Å². The molecule has 1 aliphatic rings. The zero-order valence-corrected chi connectivity index (χ0v) is 11.4. The van der Waals surface area contributed by atoms with E-state index in [9.17, 15) is 9.59 Å². The SMILES string of the molecule is COc1ccc(Br)c(N2CC(C(N)=O)CC2=O)c1. The average Bonchev–Trinajstić information content (AvgIpc) is 2.72. The van der Waals surface area contributed by atoms with E-state index >= 15 is 0 Å². The van der Waals surface area contributed by atoms with Crippen LogP contribution in [0.3, 0.4) is 0 Å². The number of halogens is 1. The van der Waals surface area contributed by atoms with Gasteiger partial charge in [-0.3, -0.25) is 9.59 Å². The van der Waals surface area contributed by atoms with Gasteiger partial charge in [0.1, 0.15) is 5.75 Å². The molecule has 6 heteroatoms. The van der Waals surface area contributed by atoms with Crippen LogP contribution in [0.15, 0.2) is 22.7 Å². The number of rotatable bonds is 3. The van der Waals surface area contributed by atoms with Gasteiger partial charge in [0.15, 0.2) is 0 Å². The molecule has 1 saturated heterocycles. The molecule has 2 amide bonds. The van der Waals surface area contributed by atoms with Crippen molar-refractivity contribution in [1.29, 1.82) is 0 Å². The molecular formula is C12H13BrN2O3. The fraction of sp³-hybridized carbons (Fsp3) is 0.333. The summed E-state index contributed by atoms with van der Waals surface area (Å²) in [6.45, 7) is 0.319. The molecule has 2 rings (SSSR count). The van der Waals surface area contributed by atoms with Crippen molar-refractivity contribution in [2.45, 2.75) is 6.42 Å². The van der Waals surface area contributed by atoms with E-state index in [-0.39, 0.29) is 12.3 Å². The van der Waals surface area contributed by atoms with Gasteiger partial charge in [-0.25, -0.2) is 0 Å². The van der Waals surface area contributed by atoms with Crippen LogP contribution in [-0.4, -0.2) is 25.5 Å². The van der Waals surface area contributed by atoms with E-state index in [4.69, 9.17) is 10.5 Å². The van der Waals surface area contributed by atoms with Crippen molar-refractivity contribution in [2.24, 2.45) is 11.7 Å². The fourth-order valence-electron chi connectivity index (χ4n) is 1.96. The van der Waals surface area contributed by atoms with E-state index < -0.39 is 11.8 Å². The van der Waals surface area contributed by atoms with Gasteiger partial charge in [-0.15, -0.1) is 0 Å². The van der Waals surface area contributed by atoms with Gasteiger partial charge in [-0.2, -0.15) is 0 Å². The number of nitrogens with zero attached hydrogens (tertiary/aromatic N) is 1. The highest BCUT2D eigenvalue weighted by atomic mass is 79.9. The maximum atomic E-state index is 11.9. The molecular weight excluding hydrogens is 300 g/mol. The Morgan fingerprint density at radius 1 is 1.56 bits per heavy atom. The first-order chi connectivity index (χ1) is 8.52. The van der Waals surface area contributed by atoms with Crippen molar-refractivity contribution < 1.29 is 14.3 Å². The lowest BCUT2D eigenvalue weighted by molar-refractivity contribution is -0.123. The molecule has 1 aromatic rings. The molecule has 1 aromatic carbocycles. The normalized spacial score (nSPS) is 19.1. The summed E-state index contributed by atoms with van der Waals surface area (Å²) >= 11 is 3.39. The van der Waals surface area contributed by atoms with E-state index in [1.165, 1.54) is 0 Å². The Morgan fingerprint density at radius 2 is 2.28 bits per heavy atom. The summed E-state index contributed by atoms with van der Waals surface area (Å²) in [5, 5.41) is 0. The number of carbonyl (C=O) groups is 2. The molecule has 1 unspecified atom stereocenters. The predicted molar refractivity (Wildman–Crippen MR) is 70.3 cm³/mol. The fourth-order valence-corrected chi connectivity index (χ4v) is 2.42. The number of nitrogens with two attached hydrogens (primary N) is 1. The van der Waals surface area contributed by atoms with Crippen LogP contribution < -0.4 is 15.4 Å². The third-order valence-electron chi connectivity index (χ3n) is 2.97. The molecule has 2 N–H and O–H groups in total. The second-order valence-corrected chi connectivity index (χ2v) is 4.98. The minimum absolute atomic E-state index is 0.104. The maximum absolute atomic E-state index is 11.9. The van der Waals surface area contributed by atoms with E-state index in [1.807, 2.05) is 0 Å². The summed E-state index contributed by atoms with van der Waals surface area (Å²) in [5.41, 5.74) is 5.94. The lowest BCUT2D eigenvalue weighted by Crippen LogP contribution is -2.28. The summed E-state index contributed by atoms with van der Waals surface area (Å²) in [4.78, 5) is 24.6. The average molecular weight is 313 g/mol. The number of ether oxygens (including phenoxy) is 1. The van der Waals surface area contributed by atoms with E-state index in [2.05, 4.69) is 15.9 Å². The van der Waals surface area contributed by atoms with Gasteiger partial charge < -0.3 is 15.4 Å². The van der Waals surface area contributed by atoms with E-state index in [0.29, 0.717) is 18.0 Å². The molecule has 1 atom stereocenters. The van der Waals surface area contributed by atoms with Crippen LogP contribution in [0.25, 0.3) is 0 Å². The largest absolute Gasteiger partial charge is 0.497 e. The molecule has 1 aliphatic heterocycles. The Bertz CT molecular complexity index is 504. The zero-order chi connectivity index (χ0) is 13.3. The number of anilines is 1. The first-order valence-electron chi connectivity index (χ1n) is 5.46. The molecule has 18 heavy (non-hydrogen) atoms. The summed E-state index contributed by atoms with van der Waals surface area (Å²) in [5.74, 6) is -0.309. The van der Waals surface area contributed by atoms with E-state index in [0.717, 1.165) is 4.47 Å². The summed E-state index contributed by atoms with van der Waals surface area (Å²) < 4.78 is 5.91. The monoisotopic (exact) mass is 312 g/mol. The maximum Gasteiger partial charge on any atom is 0.227 e. The first-order valence-corrected chi connectivity index (χ1v) is 6.25. The summed E-state index contributed by atoms with van der Waals surface area (Å²) in [6.07, 6.45) is 0.166. The third kappa shape index (κ3) is 2.33. The number of methoxy groups -OCH3 is 1. The zero-order valence-electron chi connectivity index (χ0n) is 9.85. The van der Waals surface area contributed by atoms with Crippen molar-refractivity contribution >= 4 is 33.4 Å². The quantitative estimate of drug-likeness (QED) is 0.914. The number of hydrogen-bond donors (Lipinski definition) is 1. The smallest absolute Gasteiger partial charge is 0.227 e. The van der Waals surface area contributed by atoms with Crippen molar-refractivity contribution in [1.82, 2.24) is 0 Å². The van der Waals surface area contributed by atoms with Crippen LogP contribution >= 0.6 is 15.9 Å². The van der Waals surface area contributed by atoms with Gasteiger partial charge in [-0.1, -0.05) is 0 Å². The Kier molecular flexibility index (Phi) is 3.56. The lowest BCUT2D eigenvalue weighted by Gasteiger charge is -2.18. The van der Waals surface area contributed by atoms with Gasteiger partial charge in [0.2, 0.25) is 11.8 Å². The van der Waals surface area contributed by atoms with Crippen LogP contribution in [0.5, 0.6) is 5.75 Å². The third-order valence-corrected chi connectivity index (χ3v) is 3.64. The molecule has 5 nitrogen and oxygen atoms in total. The second kappa shape index (κ2) is 4.97. The van der Waals surface area contributed by atoms with Gasteiger partial charge in [0.05, 0.1) is 18.7 Å². The number of primary amides is 1. The van der Waals surface area contributed by atoms with Crippen molar-refractivity contribution in [2.75, 3.05) is 18.6 Å². The predicted octanol–water partition coefficient (Wildman–Crippen LogP) is 1.30. The van der Waals surface area contributed by atoms with Gasteiger partial charge in [0.25, 0.3) is 0 Å². The van der Waals surface area contributed by atoms with Crippen molar-refractivity contribution in [3.05, 3.63) is 22.7 Å². The highest BCUT2D eigenvalue weighted by Gasteiger charge is 2.34. The minimum atomic E-state index is -0.440. The van der Waals surface area contributed by atoms with Crippen molar-refractivity contribution in [3.63, 3.8) is 0 Å². The molecule has 0 bridgehead atoms. The number of hydrogen-bond acceptors (Lipinski definition) is 3. The minimum Gasteiger partial charge on any atom is -0.497 e. The van der Waals surface area contributed by atoms with Crippen molar-refractivity contribution in [3.8, 4) is 5.75 Å². The summed E-state index contributed by atoms with van der Waals surface area (Å²) in [6, 6.07) is 5.35. The van der Waals surface area contributed by atoms with Gasteiger partial charge in [-0.05, 0) is 28.1 Å². The highest BCUT2D eigenvalue weighted by molar-refractivity contribution is 9.10. The number of amides is 2. The van der Waals surface area contributed by atoms with Crippen LogP contribution in [0.1, 0.15) is 6.42 Å². The molecule has 96 valence electrons. The molecule has 0 aromatic heterocycles. The van der Waals surface area contributed by atoms with Gasteiger partial charge >= 0.3 is 0 Å². The van der Waals surface area contributed by atoms with Gasteiger partial charge in [0, 0.05) is 23.5 Å². The lowest BCUT2D eigenvalue weighted by atomic mass is 10.1. The van der Waals surface area contributed by atoms with Crippen LogP contribution in [-0.2, 0) is 9.59 Å². The molecule has 0 saturated carbocycles. The molecule has 0 spiro atoms. The van der Waals surface area contributed by atoms with Crippen LogP contribution in [0.4, 0.5) is 5.69 Å². The Balaban J connectivity index is 2.32. The Morgan fingerprint density at radius 3 is 2.83 bits per heavy atom. The summed E-state index contributed by atoms with van der Waals surface area (Å²) in [7, 11) is 1.56. The standard InChI is InChI=1S/C12H13BrN2O3/c1-18-8-2-3-9(13)10(5-8)15-6-7(12(14)17)4-11(15)16/h2-3,5,7H,4,6H2,1H3,(H2,14,17). The second-order valence-electron chi connectivity index (χ2n) is 4.13. The molecule has 0 radical (unpaired) electrons. The molecule has 1 fully saturated rings. The van der Waals surface area contributed by atoms with E-state index in [1.54, 1.807) is 30.2 Å². The number of benzene rings is 1. The Labute approximate surface area is 113 Å². The van der Waals surface area contributed by atoms with Crippen LogP contribution in [0, 0.1) is 5.92 Å². The number of carbonyl (C=O) groups excluding carboxylic acids is 2. The molecule has 0 aliphatic carbocycles. The highest BCUT2D eigenvalue weighted by Crippen LogP contribution is 2.34. The molecule has 1 heterocycles. The van der Waals surface area contributed by atoms with Crippen LogP contribution in [0.2, 0.25) is 0 Å². The first kappa shape index (κ1) is 12.9. The Hall–Kier alpha value is -1.56.